The molecular weight excluding hydrogens is 280 g/mol. The van der Waals surface area contributed by atoms with Gasteiger partial charge in [-0.2, -0.15) is 0 Å². The molecule has 1 unspecified atom stereocenters. The lowest BCUT2D eigenvalue weighted by atomic mass is 10.1. The quantitative estimate of drug-likeness (QED) is 0.637. The number of carbonyl (C=O) groups is 1. The number of nitrogens with zero attached hydrogens (tertiary/aromatic N) is 1. The van der Waals surface area contributed by atoms with Crippen LogP contribution in [0.4, 0.5) is 0 Å². The predicted octanol–water partition coefficient (Wildman–Crippen LogP) is -0.204. The second kappa shape index (κ2) is 6.83. The number of hydrogen-bond acceptors (Lipinski definition) is 4. The molecule has 1 aliphatic rings. The van der Waals surface area contributed by atoms with Crippen LogP contribution in [0, 0.1) is 0 Å². The van der Waals surface area contributed by atoms with Gasteiger partial charge in [-0.25, -0.2) is 13.1 Å². The van der Waals surface area contributed by atoms with Crippen molar-refractivity contribution >= 4 is 15.9 Å². The van der Waals surface area contributed by atoms with E-state index in [9.17, 15) is 13.2 Å². The molecule has 0 aromatic carbocycles. The van der Waals surface area contributed by atoms with Gasteiger partial charge in [0.2, 0.25) is 15.9 Å². The Hall–Kier alpha value is -1.44. The molecule has 20 heavy (non-hydrogen) atoms. The first-order valence-electron chi connectivity index (χ1n) is 6.19. The van der Waals surface area contributed by atoms with Crippen LogP contribution in [0.25, 0.3) is 0 Å². The number of carbonyl (C=O) groups excluding carboxylic acids is 1. The van der Waals surface area contributed by atoms with Crippen molar-refractivity contribution in [3.05, 3.63) is 37.0 Å². The fourth-order valence-corrected chi connectivity index (χ4v) is 2.92. The van der Waals surface area contributed by atoms with Crippen LogP contribution >= 0.6 is 0 Å². The molecule has 0 aliphatic carbocycles. The van der Waals surface area contributed by atoms with Crippen molar-refractivity contribution in [1.29, 1.82) is 0 Å². The van der Waals surface area contributed by atoms with Crippen LogP contribution < -0.4 is 4.72 Å². The molecule has 1 atom stereocenters. The minimum absolute atomic E-state index is 0.193. The van der Waals surface area contributed by atoms with Crippen LogP contribution in [0.3, 0.4) is 0 Å². The number of aliphatic hydroxyl groups excluding tert-OH is 1. The third kappa shape index (κ3) is 4.92. The lowest BCUT2D eigenvalue weighted by Crippen LogP contribution is -2.55. The number of nitrogens with one attached hydrogen (secondary N) is 1. The van der Waals surface area contributed by atoms with Crippen LogP contribution in [0.1, 0.15) is 6.92 Å². The number of hydrogen-bond donors (Lipinski definition) is 2. The van der Waals surface area contributed by atoms with E-state index in [-0.39, 0.29) is 13.1 Å². The summed E-state index contributed by atoms with van der Waals surface area (Å²) in [6.07, 6.45) is 4.32. The van der Waals surface area contributed by atoms with Crippen LogP contribution in [-0.4, -0.2) is 55.3 Å². The fourth-order valence-electron chi connectivity index (χ4n) is 1.64. The van der Waals surface area contributed by atoms with E-state index in [2.05, 4.69) is 17.9 Å². The van der Waals surface area contributed by atoms with Gasteiger partial charge in [-0.15, -0.1) is 0 Å². The topological polar surface area (TPSA) is 86.7 Å². The summed E-state index contributed by atoms with van der Waals surface area (Å²) >= 11 is 0. The maximum atomic E-state index is 11.8. The van der Waals surface area contributed by atoms with Crippen molar-refractivity contribution in [1.82, 2.24) is 9.62 Å². The largest absolute Gasteiger partial charge is 0.389 e. The van der Waals surface area contributed by atoms with Gasteiger partial charge in [-0.05, 0) is 12.5 Å². The van der Waals surface area contributed by atoms with Crippen LogP contribution in [0.2, 0.25) is 0 Å². The second-order valence-electron chi connectivity index (χ2n) is 4.72. The van der Waals surface area contributed by atoms with Crippen molar-refractivity contribution in [3.8, 4) is 0 Å². The second-order valence-corrected chi connectivity index (χ2v) is 6.47. The highest BCUT2D eigenvalue weighted by atomic mass is 32.2. The van der Waals surface area contributed by atoms with Gasteiger partial charge in [0, 0.05) is 19.1 Å². The maximum Gasteiger partial charge on any atom is 0.239 e. The summed E-state index contributed by atoms with van der Waals surface area (Å²) < 4.78 is 26.1. The molecule has 0 bridgehead atoms. The Morgan fingerprint density at radius 3 is 2.65 bits per heavy atom. The standard InChI is InChI=1S/C13H20N2O4S/c1-4-5-6-10(2)11(3)14-20(18,19)9-13(17)15-7-12(16)8-15/h4-6,11-12,14,16H,1-2,7-9H2,3H3. The Morgan fingerprint density at radius 2 is 2.15 bits per heavy atom. The molecule has 112 valence electrons. The average molecular weight is 300 g/mol. The molecule has 6 nitrogen and oxygen atoms in total. The van der Waals surface area contributed by atoms with Gasteiger partial charge in [0.1, 0.15) is 5.75 Å². The number of β-amino-alcohol motifs (C(OH)–C–C–N with tert-alkyl or cyclic N) is 1. The third-order valence-corrected chi connectivity index (χ3v) is 4.23. The third-order valence-electron chi connectivity index (χ3n) is 2.89. The summed E-state index contributed by atoms with van der Waals surface area (Å²) in [6.45, 7) is 9.28. The highest BCUT2D eigenvalue weighted by molar-refractivity contribution is 7.90. The van der Waals surface area contributed by atoms with Gasteiger partial charge >= 0.3 is 0 Å². The Labute approximate surface area is 119 Å². The maximum absolute atomic E-state index is 11.8. The molecule has 0 aromatic heterocycles. The minimum atomic E-state index is -3.73. The predicted molar refractivity (Wildman–Crippen MR) is 77.4 cm³/mol. The molecule has 1 fully saturated rings. The summed E-state index contributed by atoms with van der Waals surface area (Å²) in [7, 11) is -3.73. The molecule has 0 saturated carbocycles. The first kappa shape index (κ1) is 16.6. The van der Waals surface area contributed by atoms with E-state index in [1.54, 1.807) is 25.2 Å². The van der Waals surface area contributed by atoms with E-state index in [1.165, 1.54) is 4.90 Å². The Bertz CT molecular complexity index is 518. The van der Waals surface area contributed by atoms with Gasteiger partial charge in [-0.1, -0.05) is 31.4 Å². The van der Waals surface area contributed by atoms with Crippen molar-refractivity contribution in [3.63, 3.8) is 0 Å². The molecule has 1 heterocycles. The zero-order chi connectivity index (χ0) is 15.3. The van der Waals surface area contributed by atoms with Crippen LogP contribution in [0.5, 0.6) is 0 Å². The molecular formula is C13H20N2O4S. The highest BCUT2D eigenvalue weighted by Crippen LogP contribution is 2.09. The zero-order valence-electron chi connectivity index (χ0n) is 11.4. The molecule has 0 spiro atoms. The Kier molecular flexibility index (Phi) is 5.67. The average Bonchev–Trinajstić information content (AvgIpc) is 2.30. The van der Waals surface area contributed by atoms with Gasteiger partial charge in [0.15, 0.2) is 0 Å². The summed E-state index contributed by atoms with van der Waals surface area (Å²) in [5.74, 6) is -1.13. The SMILES string of the molecule is C=CC=CC(=C)C(C)NS(=O)(=O)CC(=O)N1CC(O)C1. The molecule has 1 amide bonds. The van der Waals surface area contributed by atoms with Crippen LogP contribution in [-0.2, 0) is 14.8 Å². The van der Waals surface area contributed by atoms with E-state index in [0.29, 0.717) is 5.57 Å². The lowest BCUT2D eigenvalue weighted by Gasteiger charge is -2.35. The van der Waals surface area contributed by atoms with Crippen molar-refractivity contribution in [2.24, 2.45) is 0 Å². The Morgan fingerprint density at radius 1 is 1.55 bits per heavy atom. The monoisotopic (exact) mass is 300 g/mol. The molecule has 1 aliphatic heterocycles. The number of rotatable bonds is 7. The van der Waals surface area contributed by atoms with Gasteiger partial charge in [0.25, 0.3) is 0 Å². The van der Waals surface area contributed by atoms with Crippen molar-refractivity contribution < 1.29 is 18.3 Å². The van der Waals surface area contributed by atoms with Crippen molar-refractivity contribution in [2.45, 2.75) is 19.1 Å². The molecule has 1 saturated heterocycles. The molecule has 0 radical (unpaired) electrons. The van der Waals surface area contributed by atoms with E-state index in [0.717, 1.165) is 0 Å². The van der Waals surface area contributed by atoms with E-state index < -0.39 is 33.8 Å². The molecule has 0 aromatic rings. The molecule has 7 heteroatoms. The number of aliphatic hydroxyl groups is 1. The number of likely N-dealkylation sites (tertiary alicyclic amines) is 1. The van der Waals surface area contributed by atoms with Gasteiger partial charge in [0.05, 0.1) is 6.10 Å². The number of allylic oxidation sites excluding steroid dienone is 2. The summed E-state index contributed by atoms with van der Waals surface area (Å²) in [4.78, 5) is 13.0. The normalized spacial score (nSPS) is 17.8. The summed E-state index contributed by atoms with van der Waals surface area (Å²) in [5.41, 5.74) is 0.570. The van der Waals surface area contributed by atoms with Crippen LogP contribution in [0.15, 0.2) is 37.0 Å². The van der Waals surface area contributed by atoms with E-state index in [1.807, 2.05) is 0 Å². The lowest BCUT2D eigenvalue weighted by molar-refractivity contribution is -0.138. The smallest absolute Gasteiger partial charge is 0.239 e. The highest BCUT2D eigenvalue weighted by Gasteiger charge is 2.31. The molecule has 1 rings (SSSR count). The first-order chi connectivity index (χ1) is 9.25. The van der Waals surface area contributed by atoms with E-state index >= 15 is 0 Å². The molecule has 2 N–H and O–H groups in total. The number of amides is 1. The number of sulfonamides is 1. The van der Waals surface area contributed by atoms with E-state index in [4.69, 9.17) is 5.11 Å². The van der Waals surface area contributed by atoms with Crippen molar-refractivity contribution in [2.75, 3.05) is 18.8 Å². The summed E-state index contributed by atoms with van der Waals surface area (Å²) in [5, 5.41) is 9.08. The minimum Gasteiger partial charge on any atom is -0.389 e. The van der Waals surface area contributed by atoms with Gasteiger partial charge < -0.3 is 10.0 Å². The summed E-state index contributed by atoms with van der Waals surface area (Å²) in [6, 6.07) is -0.508. The Balaban J connectivity index is 2.52. The first-order valence-corrected chi connectivity index (χ1v) is 7.84. The fraction of sp³-hybridized carbons (Fsp3) is 0.462. The van der Waals surface area contributed by atoms with Gasteiger partial charge in [-0.3, -0.25) is 4.79 Å². The zero-order valence-corrected chi connectivity index (χ0v) is 12.3.